The van der Waals surface area contributed by atoms with Crippen molar-refractivity contribution in [2.75, 3.05) is 31.1 Å². The van der Waals surface area contributed by atoms with Crippen LogP contribution < -0.4 is 10.2 Å². The van der Waals surface area contributed by atoms with E-state index in [1.165, 1.54) is 0 Å². The number of carbonyl (C=O) groups is 1. The number of nitrogens with zero attached hydrogens (tertiary/aromatic N) is 6. The number of anilines is 1. The van der Waals surface area contributed by atoms with Gasteiger partial charge in [-0.15, -0.1) is 0 Å². The van der Waals surface area contributed by atoms with Gasteiger partial charge in [-0.25, -0.2) is 14.8 Å². The van der Waals surface area contributed by atoms with Crippen LogP contribution in [-0.2, 0) is 13.6 Å². The highest BCUT2D eigenvalue weighted by Gasteiger charge is 2.20. The lowest BCUT2D eigenvalue weighted by atomic mass is 10.2. The van der Waals surface area contributed by atoms with Crippen LogP contribution >= 0.6 is 0 Å². The number of hydrogen-bond acceptors (Lipinski definition) is 5. The molecule has 128 valence electrons. The summed E-state index contributed by atoms with van der Waals surface area (Å²) in [4.78, 5) is 25.0. The monoisotopic (exact) mass is 329 g/mol. The van der Waals surface area contributed by atoms with E-state index in [-0.39, 0.29) is 6.03 Å². The minimum atomic E-state index is -0.0333. The fraction of sp³-hybridized carbons (Fsp3) is 0.500. The topological polar surface area (TPSA) is 79.2 Å². The third-order valence-electron chi connectivity index (χ3n) is 4.16. The molecule has 0 unspecified atom stereocenters. The molecule has 0 aliphatic carbocycles. The van der Waals surface area contributed by atoms with Crippen molar-refractivity contribution < 1.29 is 4.79 Å². The van der Waals surface area contributed by atoms with Gasteiger partial charge in [0.15, 0.2) is 0 Å². The lowest BCUT2D eigenvalue weighted by Crippen LogP contribution is -2.41. The Labute approximate surface area is 141 Å². The van der Waals surface area contributed by atoms with Crippen molar-refractivity contribution in [3.8, 4) is 0 Å². The van der Waals surface area contributed by atoms with Crippen LogP contribution in [0.1, 0.15) is 17.7 Å². The van der Waals surface area contributed by atoms with Gasteiger partial charge in [0, 0.05) is 63.9 Å². The van der Waals surface area contributed by atoms with Crippen LogP contribution in [0, 0.1) is 6.92 Å². The third kappa shape index (κ3) is 3.81. The Kier molecular flexibility index (Phi) is 4.93. The molecule has 2 aromatic heterocycles. The summed E-state index contributed by atoms with van der Waals surface area (Å²) in [7, 11) is 1.88. The van der Waals surface area contributed by atoms with Crippen molar-refractivity contribution in [2.24, 2.45) is 7.05 Å². The average Bonchev–Trinajstić information content (AvgIpc) is 2.79. The Morgan fingerprint density at radius 2 is 2.00 bits per heavy atom. The first-order valence-electron chi connectivity index (χ1n) is 8.17. The van der Waals surface area contributed by atoms with Crippen LogP contribution in [0.3, 0.4) is 0 Å². The predicted octanol–water partition coefficient (Wildman–Crippen LogP) is 0.940. The van der Waals surface area contributed by atoms with Gasteiger partial charge < -0.3 is 15.1 Å². The van der Waals surface area contributed by atoms with Crippen LogP contribution in [0.2, 0.25) is 0 Å². The van der Waals surface area contributed by atoms with Crippen molar-refractivity contribution >= 4 is 12.0 Å². The molecule has 0 bridgehead atoms. The minimum absolute atomic E-state index is 0.0333. The molecule has 0 radical (unpaired) electrons. The van der Waals surface area contributed by atoms with Crippen LogP contribution in [0.5, 0.6) is 0 Å². The molecule has 2 amide bonds. The zero-order valence-corrected chi connectivity index (χ0v) is 14.1. The molecule has 0 spiro atoms. The maximum absolute atomic E-state index is 12.4. The second-order valence-corrected chi connectivity index (χ2v) is 5.95. The number of rotatable bonds is 3. The highest BCUT2D eigenvalue weighted by atomic mass is 16.2. The molecule has 0 atom stereocenters. The molecule has 3 heterocycles. The fourth-order valence-electron chi connectivity index (χ4n) is 2.88. The van der Waals surface area contributed by atoms with Gasteiger partial charge in [-0.05, 0) is 19.4 Å². The van der Waals surface area contributed by atoms with E-state index in [1.54, 1.807) is 17.1 Å². The highest BCUT2D eigenvalue weighted by Crippen LogP contribution is 2.10. The summed E-state index contributed by atoms with van der Waals surface area (Å²) in [5.74, 6) is 0.728. The minimum Gasteiger partial charge on any atom is -0.339 e. The first-order valence-corrected chi connectivity index (χ1v) is 8.17. The summed E-state index contributed by atoms with van der Waals surface area (Å²) in [5, 5.41) is 7.28. The van der Waals surface area contributed by atoms with Crippen molar-refractivity contribution in [2.45, 2.75) is 19.9 Å². The summed E-state index contributed by atoms with van der Waals surface area (Å²) in [6.07, 6.45) is 6.33. The lowest BCUT2D eigenvalue weighted by Gasteiger charge is -2.22. The molecule has 1 aliphatic rings. The van der Waals surface area contributed by atoms with Crippen molar-refractivity contribution in [3.63, 3.8) is 0 Å². The SMILES string of the molecule is Cc1nn(C)cc1CNC(=O)N1CCCN(c2ncccn2)CC1. The maximum atomic E-state index is 12.4. The summed E-state index contributed by atoms with van der Waals surface area (Å²) < 4.78 is 1.76. The molecular formula is C16H23N7O. The third-order valence-corrected chi connectivity index (χ3v) is 4.16. The van der Waals surface area contributed by atoms with E-state index in [9.17, 15) is 4.79 Å². The van der Waals surface area contributed by atoms with Gasteiger partial charge in [0.2, 0.25) is 5.95 Å². The lowest BCUT2D eigenvalue weighted by molar-refractivity contribution is 0.201. The van der Waals surface area contributed by atoms with Crippen LogP contribution in [0.25, 0.3) is 0 Å². The first-order chi connectivity index (χ1) is 11.6. The summed E-state index contributed by atoms with van der Waals surface area (Å²) in [5.41, 5.74) is 1.99. The summed E-state index contributed by atoms with van der Waals surface area (Å²) in [6, 6.07) is 1.77. The zero-order chi connectivity index (χ0) is 16.9. The average molecular weight is 329 g/mol. The Balaban J connectivity index is 1.54. The van der Waals surface area contributed by atoms with Crippen LogP contribution in [0.15, 0.2) is 24.7 Å². The van der Waals surface area contributed by atoms with E-state index < -0.39 is 0 Å². The molecule has 8 heteroatoms. The maximum Gasteiger partial charge on any atom is 0.317 e. The number of aromatic nitrogens is 4. The molecule has 1 saturated heterocycles. The van der Waals surface area contributed by atoms with E-state index in [0.29, 0.717) is 13.1 Å². The van der Waals surface area contributed by atoms with Gasteiger partial charge in [0.1, 0.15) is 0 Å². The smallest absolute Gasteiger partial charge is 0.317 e. The van der Waals surface area contributed by atoms with Crippen molar-refractivity contribution in [3.05, 3.63) is 35.9 Å². The summed E-state index contributed by atoms with van der Waals surface area (Å²) >= 11 is 0. The number of aryl methyl sites for hydroxylation is 2. The predicted molar refractivity (Wildman–Crippen MR) is 90.6 cm³/mol. The molecule has 2 aromatic rings. The van der Waals surface area contributed by atoms with E-state index in [1.807, 2.05) is 31.1 Å². The highest BCUT2D eigenvalue weighted by molar-refractivity contribution is 5.74. The van der Waals surface area contributed by atoms with Crippen LogP contribution in [-0.4, -0.2) is 56.9 Å². The Hall–Kier alpha value is -2.64. The van der Waals surface area contributed by atoms with Gasteiger partial charge in [-0.1, -0.05) is 0 Å². The molecule has 0 aromatic carbocycles. The normalized spacial score (nSPS) is 15.2. The van der Waals surface area contributed by atoms with Crippen molar-refractivity contribution in [1.82, 2.24) is 30.0 Å². The number of amides is 2. The van der Waals surface area contributed by atoms with E-state index >= 15 is 0 Å². The van der Waals surface area contributed by atoms with Crippen molar-refractivity contribution in [1.29, 1.82) is 0 Å². The molecule has 1 N–H and O–H groups in total. The molecule has 1 fully saturated rings. The fourth-order valence-corrected chi connectivity index (χ4v) is 2.88. The molecule has 0 saturated carbocycles. The number of carbonyl (C=O) groups excluding carboxylic acids is 1. The number of hydrogen-bond donors (Lipinski definition) is 1. The molecule has 8 nitrogen and oxygen atoms in total. The quantitative estimate of drug-likeness (QED) is 0.907. The number of nitrogens with one attached hydrogen (secondary N) is 1. The molecular weight excluding hydrogens is 306 g/mol. The van der Waals surface area contributed by atoms with Crippen LogP contribution in [0.4, 0.5) is 10.7 Å². The van der Waals surface area contributed by atoms with Gasteiger partial charge in [0.25, 0.3) is 0 Å². The second kappa shape index (κ2) is 7.29. The van der Waals surface area contributed by atoms with Gasteiger partial charge in [-0.2, -0.15) is 5.10 Å². The second-order valence-electron chi connectivity index (χ2n) is 5.95. The number of urea groups is 1. The molecule has 24 heavy (non-hydrogen) atoms. The largest absolute Gasteiger partial charge is 0.339 e. The summed E-state index contributed by atoms with van der Waals surface area (Å²) in [6.45, 7) is 5.45. The van der Waals surface area contributed by atoms with E-state index in [2.05, 4.69) is 25.3 Å². The van der Waals surface area contributed by atoms with Gasteiger partial charge >= 0.3 is 6.03 Å². The van der Waals surface area contributed by atoms with Gasteiger partial charge in [-0.3, -0.25) is 4.68 Å². The Bertz CT molecular complexity index is 685. The van der Waals surface area contributed by atoms with Gasteiger partial charge in [0.05, 0.1) is 5.69 Å². The standard InChI is InChI=1S/C16H23N7O/c1-13-14(12-21(2)20-13)11-19-16(24)23-8-4-7-22(9-10-23)15-17-5-3-6-18-15/h3,5-6,12H,4,7-11H2,1-2H3,(H,19,24). The van der Waals surface area contributed by atoms with E-state index in [0.717, 1.165) is 43.3 Å². The van der Waals surface area contributed by atoms with E-state index in [4.69, 9.17) is 0 Å². The Morgan fingerprint density at radius 1 is 1.21 bits per heavy atom. The molecule has 1 aliphatic heterocycles. The molecule has 3 rings (SSSR count). The Morgan fingerprint density at radius 3 is 2.71 bits per heavy atom. The zero-order valence-electron chi connectivity index (χ0n) is 14.1. The first kappa shape index (κ1) is 16.2.